The van der Waals surface area contributed by atoms with Crippen LogP contribution in [-0.2, 0) is 32.1 Å². The van der Waals surface area contributed by atoms with E-state index in [0.29, 0.717) is 11.8 Å². The van der Waals surface area contributed by atoms with Crippen LogP contribution in [0.15, 0.2) is 72.9 Å². The molecule has 0 saturated heterocycles. The van der Waals surface area contributed by atoms with E-state index in [9.17, 15) is 0 Å². The van der Waals surface area contributed by atoms with Crippen LogP contribution in [0.25, 0.3) is 10.8 Å². The fraction of sp³-hybridized carbons (Fsp3) is 0.222. The molecule has 0 aliphatic heterocycles. The molecule has 4 rings (SSSR count). The number of hydrogen-bond donors (Lipinski definition) is 0. The van der Waals surface area contributed by atoms with Crippen LogP contribution in [0, 0.1) is 5.82 Å². The summed E-state index contributed by atoms with van der Waals surface area (Å²) in [6.45, 7) is 2.13. The minimum atomic E-state index is -0.107. The van der Waals surface area contributed by atoms with E-state index in [4.69, 9.17) is 11.6 Å². The summed E-state index contributed by atoms with van der Waals surface area (Å²) in [7, 11) is 0. The van der Waals surface area contributed by atoms with E-state index in [1.807, 2.05) is 54.7 Å². The zero-order valence-electron chi connectivity index (χ0n) is 17.2. The van der Waals surface area contributed by atoms with Gasteiger partial charge >= 0.3 is 0 Å². The molecule has 0 aliphatic rings. The van der Waals surface area contributed by atoms with Gasteiger partial charge in [-0.25, -0.2) is 4.39 Å². The summed E-state index contributed by atoms with van der Waals surface area (Å²) >= 11 is 5.94. The Hall–Kier alpha value is -2.71. The normalized spacial score (nSPS) is 11.2. The lowest BCUT2D eigenvalue weighted by Crippen LogP contribution is -1.98. The zero-order chi connectivity index (χ0) is 20.9. The van der Waals surface area contributed by atoms with Crippen LogP contribution in [0.5, 0.6) is 0 Å². The fourth-order valence-corrected chi connectivity index (χ4v) is 3.88. The molecule has 0 N–H and O–H groups in total. The molecule has 0 unspecified atom stereocenters. The van der Waals surface area contributed by atoms with Gasteiger partial charge in [-0.1, -0.05) is 67.1 Å². The third kappa shape index (κ3) is 4.88. The quantitative estimate of drug-likeness (QED) is 0.311. The lowest BCUT2D eigenvalue weighted by Gasteiger charge is -2.09. The van der Waals surface area contributed by atoms with E-state index in [1.165, 1.54) is 11.1 Å². The van der Waals surface area contributed by atoms with Crippen molar-refractivity contribution >= 4 is 22.4 Å². The average Bonchev–Trinajstić information content (AvgIpc) is 2.78. The number of benzene rings is 3. The Labute approximate surface area is 182 Å². The van der Waals surface area contributed by atoms with Gasteiger partial charge in [0.1, 0.15) is 5.82 Å². The number of fused-ring (bicyclic) bond motifs is 1. The molecule has 0 spiro atoms. The van der Waals surface area contributed by atoms with Crippen molar-refractivity contribution in [1.29, 1.82) is 0 Å². The monoisotopic (exact) mass is 417 g/mol. The van der Waals surface area contributed by atoms with Gasteiger partial charge in [-0.15, -0.1) is 0 Å². The van der Waals surface area contributed by atoms with Crippen molar-refractivity contribution in [3.8, 4) is 0 Å². The molecule has 30 heavy (non-hydrogen) atoms. The molecule has 152 valence electrons. The number of hydrogen-bond acceptors (Lipinski definition) is 1. The van der Waals surface area contributed by atoms with Gasteiger partial charge in [-0.2, -0.15) is 0 Å². The van der Waals surface area contributed by atoms with Gasteiger partial charge in [-0.3, -0.25) is 4.98 Å². The molecule has 1 aromatic heterocycles. The highest BCUT2D eigenvalue weighted by Crippen LogP contribution is 2.24. The van der Waals surface area contributed by atoms with E-state index in [0.717, 1.165) is 52.9 Å². The summed E-state index contributed by atoms with van der Waals surface area (Å²) in [5.41, 5.74) is 5.47. The van der Waals surface area contributed by atoms with Gasteiger partial charge in [-0.05, 0) is 77.9 Å². The molecule has 0 fully saturated rings. The average molecular weight is 418 g/mol. The molecule has 0 aliphatic carbocycles. The molecule has 0 amide bonds. The second-order valence-electron chi connectivity index (χ2n) is 7.73. The molecule has 3 aromatic carbocycles. The van der Waals surface area contributed by atoms with Crippen molar-refractivity contribution in [2.45, 2.75) is 39.0 Å². The predicted octanol–water partition coefficient (Wildman–Crippen LogP) is 7.16. The zero-order valence-corrected chi connectivity index (χ0v) is 17.9. The van der Waals surface area contributed by atoms with Gasteiger partial charge in [0.15, 0.2) is 0 Å². The van der Waals surface area contributed by atoms with Crippen molar-refractivity contribution < 1.29 is 4.39 Å². The minimum absolute atomic E-state index is 0.107. The van der Waals surface area contributed by atoms with Crippen molar-refractivity contribution in [1.82, 2.24) is 4.98 Å². The van der Waals surface area contributed by atoms with Crippen molar-refractivity contribution in [3.05, 3.63) is 112 Å². The molecule has 1 heterocycles. The Kier molecular flexibility index (Phi) is 6.44. The van der Waals surface area contributed by atoms with Crippen LogP contribution in [0.4, 0.5) is 4.39 Å². The molecule has 0 radical (unpaired) electrons. The molecule has 1 nitrogen and oxygen atoms in total. The largest absolute Gasteiger partial charge is 0.261 e. The van der Waals surface area contributed by atoms with E-state index in [-0.39, 0.29) is 5.82 Å². The highest BCUT2D eigenvalue weighted by molar-refractivity contribution is 6.30. The van der Waals surface area contributed by atoms with Gasteiger partial charge in [0.05, 0.1) is 0 Å². The van der Waals surface area contributed by atoms with Gasteiger partial charge < -0.3 is 0 Å². The maximum Gasteiger partial charge on any atom is 0.134 e. The molecule has 3 heteroatoms. The maximum absolute atomic E-state index is 15.1. The molecule has 0 saturated carbocycles. The third-order valence-electron chi connectivity index (χ3n) is 5.66. The molecule has 0 bridgehead atoms. The predicted molar refractivity (Wildman–Crippen MR) is 124 cm³/mol. The van der Waals surface area contributed by atoms with E-state index in [1.54, 1.807) is 0 Å². The number of aromatic nitrogens is 1. The highest BCUT2D eigenvalue weighted by Gasteiger charge is 2.09. The second-order valence-corrected chi connectivity index (χ2v) is 8.17. The Morgan fingerprint density at radius 3 is 2.23 bits per heavy atom. The Morgan fingerprint density at radius 2 is 1.50 bits per heavy atom. The van der Waals surface area contributed by atoms with E-state index < -0.39 is 0 Å². The molecular formula is C27H25ClFN. The van der Waals surface area contributed by atoms with E-state index >= 15 is 4.39 Å². The summed E-state index contributed by atoms with van der Waals surface area (Å²) in [5, 5.41) is 2.37. The molecule has 4 aromatic rings. The van der Waals surface area contributed by atoms with Crippen LogP contribution in [0.3, 0.4) is 0 Å². The lowest BCUT2D eigenvalue weighted by atomic mass is 9.98. The topological polar surface area (TPSA) is 12.9 Å². The SMILES string of the molecule is CCc1ccc(CCc2ccc3c(F)c(CCc4ccc(Cl)cc4)ccc3c2)nc1. The number of halogens is 2. The second kappa shape index (κ2) is 9.40. The van der Waals surface area contributed by atoms with Gasteiger partial charge in [0, 0.05) is 22.3 Å². The maximum atomic E-state index is 15.1. The summed E-state index contributed by atoms with van der Waals surface area (Å²) in [6, 6.07) is 22.0. The minimum Gasteiger partial charge on any atom is -0.261 e. The van der Waals surface area contributed by atoms with Crippen molar-refractivity contribution in [2.24, 2.45) is 0 Å². The Balaban J connectivity index is 1.45. The van der Waals surface area contributed by atoms with Crippen molar-refractivity contribution in [3.63, 3.8) is 0 Å². The van der Waals surface area contributed by atoms with Crippen molar-refractivity contribution in [2.75, 3.05) is 0 Å². The lowest BCUT2D eigenvalue weighted by molar-refractivity contribution is 0.620. The smallest absolute Gasteiger partial charge is 0.134 e. The highest BCUT2D eigenvalue weighted by atomic mass is 35.5. The number of pyridine rings is 1. The van der Waals surface area contributed by atoms with Crippen LogP contribution in [0.2, 0.25) is 5.02 Å². The summed E-state index contributed by atoms with van der Waals surface area (Å²) in [5.74, 6) is -0.107. The number of aryl methyl sites for hydroxylation is 5. The van der Waals surface area contributed by atoms with Crippen LogP contribution in [-0.4, -0.2) is 4.98 Å². The standard InChI is InChI=1S/C27H25ClFN/c1-2-19-6-14-25(30-18-19)15-7-21-8-16-26-23(17-21)11-10-22(27(26)29)9-3-20-4-12-24(28)13-5-20/h4-6,8,10-14,16-18H,2-3,7,9,15H2,1H3. The summed E-state index contributed by atoms with van der Waals surface area (Å²) in [6.07, 6.45) is 6.21. The van der Waals surface area contributed by atoms with Crippen LogP contribution >= 0.6 is 11.6 Å². The molecule has 0 atom stereocenters. The Bertz CT molecular complexity index is 1130. The third-order valence-corrected chi connectivity index (χ3v) is 5.91. The first-order valence-electron chi connectivity index (χ1n) is 10.5. The first-order chi connectivity index (χ1) is 14.6. The number of rotatable bonds is 7. The Morgan fingerprint density at radius 1 is 0.767 bits per heavy atom. The van der Waals surface area contributed by atoms with Crippen LogP contribution in [0.1, 0.15) is 34.9 Å². The number of nitrogens with zero attached hydrogens (tertiary/aromatic N) is 1. The molecular weight excluding hydrogens is 393 g/mol. The summed E-state index contributed by atoms with van der Waals surface area (Å²) < 4.78 is 15.1. The first kappa shape index (κ1) is 20.6. The fourth-order valence-electron chi connectivity index (χ4n) is 3.75. The summed E-state index contributed by atoms with van der Waals surface area (Å²) in [4.78, 5) is 4.54. The van der Waals surface area contributed by atoms with Gasteiger partial charge in [0.25, 0.3) is 0 Å². The van der Waals surface area contributed by atoms with E-state index in [2.05, 4.69) is 30.1 Å². The first-order valence-corrected chi connectivity index (χ1v) is 10.9. The van der Waals surface area contributed by atoms with Gasteiger partial charge in [0.2, 0.25) is 0 Å². The van der Waals surface area contributed by atoms with Crippen LogP contribution < -0.4 is 0 Å².